The smallest absolute Gasteiger partial charge is 0.270 e. The molecule has 0 radical (unpaired) electrons. The van der Waals surface area contributed by atoms with Crippen molar-refractivity contribution in [3.05, 3.63) is 32.8 Å². The number of nitro groups is 1. The summed E-state index contributed by atoms with van der Waals surface area (Å²) in [6.07, 6.45) is 0.0488. The summed E-state index contributed by atoms with van der Waals surface area (Å²) in [5.41, 5.74) is 0.0491. The summed E-state index contributed by atoms with van der Waals surface area (Å²) in [7, 11) is 0. The second kappa shape index (κ2) is 8.68. The summed E-state index contributed by atoms with van der Waals surface area (Å²) >= 11 is 5.56. The Bertz CT molecular complexity index is 394. The zero-order chi connectivity index (χ0) is 14.3. The van der Waals surface area contributed by atoms with Gasteiger partial charge in [0.1, 0.15) is 5.75 Å². The van der Waals surface area contributed by atoms with Crippen LogP contribution in [0.4, 0.5) is 5.69 Å². The minimum absolute atomic E-state index is 0.0488. The van der Waals surface area contributed by atoms with Gasteiger partial charge in [-0.25, -0.2) is 0 Å². The average Bonchev–Trinajstić information content (AvgIpc) is 2.19. The van der Waals surface area contributed by atoms with E-state index in [0.29, 0.717) is 10.2 Å². The number of nitro benzene ring substituents is 1. The van der Waals surface area contributed by atoms with Gasteiger partial charge in [-0.3, -0.25) is 10.1 Å². The quantitative estimate of drug-likeness (QED) is 0.295. The highest BCUT2D eigenvalue weighted by molar-refractivity contribution is 14.1. The lowest BCUT2D eigenvalue weighted by atomic mass is 10.3. The van der Waals surface area contributed by atoms with E-state index in [2.05, 4.69) is 52.4 Å². The van der Waals surface area contributed by atoms with E-state index < -0.39 is 4.92 Å². The fourth-order valence-corrected chi connectivity index (χ4v) is 1.41. The van der Waals surface area contributed by atoms with Crippen LogP contribution in [-0.4, -0.2) is 15.0 Å². The van der Waals surface area contributed by atoms with Crippen LogP contribution in [0.15, 0.2) is 22.7 Å². The van der Waals surface area contributed by atoms with Crippen LogP contribution in [0.3, 0.4) is 0 Å². The molecular weight excluding hydrogens is 413 g/mol. The Labute approximate surface area is 130 Å². The molecule has 0 bridgehead atoms. The first-order chi connectivity index (χ1) is 8.23. The molecule has 0 N–H and O–H groups in total. The zero-order valence-electron chi connectivity index (χ0n) is 10.8. The molecule has 18 heavy (non-hydrogen) atoms. The van der Waals surface area contributed by atoms with Gasteiger partial charge in [0.2, 0.25) is 0 Å². The molecule has 0 saturated carbocycles. The number of halogens is 2. The molecule has 0 fully saturated rings. The van der Waals surface area contributed by atoms with Crippen molar-refractivity contribution in [1.82, 2.24) is 0 Å². The molecule has 1 aromatic carbocycles. The molecule has 0 amide bonds. The molecule has 0 heterocycles. The fourth-order valence-electron chi connectivity index (χ4n) is 0.953. The molecule has 102 valence electrons. The van der Waals surface area contributed by atoms with E-state index in [0.717, 1.165) is 3.92 Å². The number of hydrogen-bond acceptors (Lipinski definition) is 3. The van der Waals surface area contributed by atoms with E-state index in [-0.39, 0.29) is 11.8 Å². The molecular formula is C12H17BrINO3. The number of ether oxygens (including phenoxy) is 1. The Morgan fingerprint density at radius 3 is 2.17 bits per heavy atom. The lowest BCUT2D eigenvalue weighted by Crippen LogP contribution is -2.05. The third-order valence-corrected chi connectivity index (χ3v) is 2.11. The maximum atomic E-state index is 10.4. The maximum absolute atomic E-state index is 10.4. The third-order valence-electron chi connectivity index (χ3n) is 1.49. The van der Waals surface area contributed by atoms with Gasteiger partial charge in [-0.05, 0) is 35.8 Å². The molecule has 0 spiro atoms. The monoisotopic (exact) mass is 429 g/mol. The molecule has 0 aliphatic carbocycles. The Kier molecular flexibility index (Phi) is 8.51. The molecule has 0 aliphatic rings. The second-order valence-corrected chi connectivity index (χ2v) is 7.40. The number of hydrogen-bond donors (Lipinski definition) is 0. The Balaban J connectivity index is 0.000000631. The molecule has 6 heteroatoms. The number of benzene rings is 1. The van der Waals surface area contributed by atoms with Crippen LogP contribution in [0.1, 0.15) is 27.7 Å². The molecule has 1 aromatic rings. The number of alkyl halides is 1. The van der Waals surface area contributed by atoms with Gasteiger partial charge in [0.15, 0.2) is 0 Å². The third kappa shape index (κ3) is 7.86. The highest BCUT2D eigenvalue weighted by atomic mass is 127. The van der Waals surface area contributed by atoms with E-state index in [1.807, 2.05) is 13.8 Å². The van der Waals surface area contributed by atoms with Gasteiger partial charge >= 0.3 is 0 Å². The lowest BCUT2D eigenvalue weighted by Gasteiger charge is -2.10. The summed E-state index contributed by atoms with van der Waals surface area (Å²) in [5.74, 6) is 0.616. The molecule has 0 aliphatic heterocycles. The van der Waals surface area contributed by atoms with Crippen LogP contribution in [-0.2, 0) is 0 Å². The van der Waals surface area contributed by atoms with E-state index in [9.17, 15) is 10.1 Å². The van der Waals surface area contributed by atoms with Crippen molar-refractivity contribution in [3.8, 4) is 5.75 Å². The summed E-state index contributed by atoms with van der Waals surface area (Å²) in [6, 6.07) is 4.43. The van der Waals surface area contributed by atoms with Crippen molar-refractivity contribution in [2.75, 3.05) is 0 Å². The predicted octanol–water partition coefficient (Wildman–Crippen LogP) is 4.97. The number of non-ortho nitro benzene ring substituents is 1. The molecule has 4 nitrogen and oxygen atoms in total. The highest BCUT2D eigenvalue weighted by Gasteiger charge is 2.10. The van der Waals surface area contributed by atoms with Gasteiger partial charge in [-0.15, -0.1) is 0 Å². The minimum Gasteiger partial charge on any atom is -0.490 e. The Morgan fingerprint density at radius 2 is 1.83 bits per heavy atom. The van der Waals surface area contributed by atoms with E-state index in [4.69, 9.17) is 4.74 Å². The summed E-state index contributed by atoms with van der Waals surface area (Å²) in [5, 5.41) is 10.4. The largest absolute Gasteiger partial charge is 0.490 e. The standard InChI is InChI=1S/C9H10BrNO3.C3H7I/c1-6(2)14-9-4-3-7(11(12)13)5-8(9)10;1-3(2)4/h3-6H,1-2H3;3H,1-2H3. The van der Waals surface area contributed by atoms with E-state index in [1.165, 1.54) is 12.1 Å². The Morgan fingerprint density at radius 1 is 1.33 bits per heavy atom. The molecule has 0 unspecified atom stereocenters. The first-order valence-corrected chi connectivity index (χ1v) is 7.52. The van der Waals surface area contributed by atoms with Crippen molar-refractivity contribution in [1.29, 1.82) is 0 Å². The Hall–Kier alpha value is -0.370. The highest BCUT2D eigenvalue weighted by Crippen LogP contribution is 2.29. The molecule has 0 atom stereocenters. The van der Waals surface area contributed by atoms with Crippen LogP contribution < -0.4 is 4.74 Å². The normalized spacial score (nSPS) is 10.0. The van der Waals surface area contributed by atoms with Crippen molar-refractivity contribution >= 4 is 44.2 Å². The van der Waals surface area contributed by atoms with Gasteiger partial charge in [0.25, 0.3) is 5.69 Å². The number of nitrogens with zero attached hydrogens (tertiary/aromatic N) is 1. The first-order valence-electron chi connectivity index (χ1n) is 5.48. The summed E-state index contributed by atoms with van der Waals surface area (Å²) in [4.78, 5) is 9.99. The molecule has 1 rings (SSSR count). The zero-order valence-corrected chi connectivity index (χ0v) is 14.6. The van der Waals surface area contributed by atoms with Crippen LogP contribution in [0.5, 0.6) is 5.75 Å². The van der Waals surface area contributed by atoms with Crippen molar-refractivity contribution < 1.29 is 9.66 Å². The van der Waals surface area contributed by atoms with Crippen LogP contribution in [0.25, 0.3) is 0 Å². The maximum Gasteiger partial charge on any atom is 0.270 e. The predicted molar refractivity (Wildman–Crippen MR) is 85.7 cm³/mol. The van der Waals surface area contributed by atoms with Crippen molar-refractivity contribution in [2.45, 2.75) is 37.7 Å². The van der Waals surface area contributed by atoms with Crippen molar-refractivity contribution in [2.24, 2.45) is 0 Å². The fraction of sp³-hybridized carbons (Fsp3) is 0.500. The van der Waals surface area contributed by atoms with Gasteiger partial charge in [-0.1, -0.05) is 36.4 Å². The van der Waals surface area contributed by atoms with Crippen LogP contribution in [0, 0.1) is 10.1 Å². The van der Waals surface area contributed by atoms with Gasteiger partial charge in [0, 0.05) is 16.1 Å². The first kappa shape index (κ1) is 17.6. The van der Waals surface area contributed by atoms with Crippen molar-refractivity contribution in [3.63, 3.8) is 0 Å². The van der Waals surface area contributed by atoms with Crippen LogP contribution >= 0.6 is 38.5 Å². The lowest BCUT2D eigenvalue weighted by molar-refractivity contribution is -0.385. The molecule has 0 saturated heterocycles. The summed E-state index contributed by atoms with van der Waals surface area (Å²) in [6.45, 7) is 8.10. The number of rotatable bonds is 3. The average molecular weight is 430 g/mol. The second-order valence-electron chi connectivity index (χ2n) is 4.05. The minimum atomic E-state index is -0.441. The van der Waals surface area contributed by atoms with Crippen LogP contribution in [0.2, 0.25) is 0 Å². The molecule has 0 aromatic heterocycles. The topological polar surface area (TPSA) is 52.4 Å². The van der Waals surface area contributed by atoms with Gasteiger partial charge in [-0.2, -0.15) is 0 Å². The van der Waals surface area contributed by atoms with Gasteiger partial charge in [0.05, 0.1) is 15.5 Å². The van der Waals surface area contributed by atoms with Gasteiger partial charge < -0.3 is 4.74 Å². The van der Waals surface area contributed by atoms with E-state index >= 15 is 0 Å². The summed E-state index contributed by atoms with van der Waals surface area (Å²) < 4.78 is 6.81. The SMILES string of the molecule is CC(C)I.CC(C)Oc1ccc([N+](=O)[O-])cc1Br. The van der Waals surface area contributed by atoms with E-state index in [1.54, 1.807) is 6.07 Å².